The standard InChI is InChI=1S/C27H39N9O5/c28-26(29)33-12-4-7-20(34-25(41)22(36-27(30)31)16-18-8-10-19(38)11-9-18)24(40)35-21(23(39)32-13-14-37)15-17-5-2-1-3-6-17/h1-3,5-6,8-11,20-22,37-38H,4,7,12-16H2,(H,32,39)(H,34,41)(H,35,40)(H4,28,29,33)(H4,30,31,36)/t20-,21+,22+/m1/s1. The van der Waals surface area contributed by atoms with Crippen molar-refractivity contribution in [3.63, 3.8) is 0 Å². The molecule has 2 aromatic rings. The Morgan fingerprint density at radius 1 is 0.780 bits per heavy atom. The predicted octanol–water partition coefficient (Wildman–Crippen LogP) is -2.05. The third kappa shape index (κ3) is 12.3. The highest BCUT2D eigenvalue weighted by molar-refractivity contribution is 5.94. The zero-order valence-corrected chi connectivity index (χ0v) is 22.7. The summed E-state index contributed by atoms with van der Waals surface area (Å²) in [6.45, 7) is -0.0538. The molecule has 0 heterocycles. The van der Waals surface area contributed by atoms with Gasteiger partial charge in [-0.25, -0.2) is 4.99 Å². The number of phenols is 1. The van der Waals surface area contributed by atoms with Crippen LogP contribution < -0.4 is 38.9 Å². The van der Waals surface area contributed by atoms with Crippen molar-refractivity contribution in [1.82, 2.24) is 16.0 Å². The van der Waals surface area contributed by atoms with Crippen LogP contribution in [0.4, 0.5) is 0 Å². The molecule has 3 atom stereocenters. The molecular weight excluding hydrogens is 530 g/mol. The number of aliphatic imine (C=N–C) groups is 2. The van der Waals surface area contributed by atoms with E-state index in [4.69, 9.17) is 28.0 Å². The third-order valence-electron chi connectivity index (χ3n) is 5.88. The number of phenolic OH excluding ortho intramolecular Hbond substituents is 1. The van der Waals surface area contributed by atoms with Crippen LogP contribution in [-0.2, 0) is 27.2 Å². The predicted molar refractivity (Wildman–Crippen MR) is 155 cm³/mol. The summed E-state index contributed by atoms with van der Waals surface area (Å²) in [6.07, 6.45) is 0.738. The molecular formula is C27H39N9O5. The Balaban J connectivity index is 2.26. The minimum absolute atomic E-state index is 0.0100. The summed E-state index contributed by atoms with van der Waals surface area (Å²) in [5.74, 6) is -2.11. The molecule has 14 nitrogen and oxygen atoms in total. The van der Waals surface area contributed by atoms with Crippen molar-refractivity contribution in [2.45, 2.75) is 43.8 Å². The van der Waals surface area contributed by atoms with Gasteiger partial charge < -0.3 is 49.1 Å². The highest BCUT2D eigenvalue weighted by atomic mass is 16.3. The Labute approximate surface area is 238 Å². The molecule has 0 bridgehead atoms. The monoisotopic (exact) mass is 569 g/mol. The highest BCUT2D eigenvalue weighted by Gasteiger charge is 2.29. The first-order chi connectivity index (χ1) is 19.6. The van der Waals surface area contributed by atoms with Crippen molar-refractivity contribution in [1.29, 1.82) is 0 Å². The van der Waals surface area contributed by atoms with Crippen LogP contribution in [-0.4, -0.2) is 77.7 Å². The second kappa shape index (κ2) is 17.0. The first-order valence-electron chi connectivity index (χ1n) is 13.0. The van der Waals surface area contributed by atoms with Gasteiger partial charge >= 0.3 is 0 Å². The summed E-state index contributed by atoms with van der Waals surface area (Å²) in [6, 6.07) is 12.1. The van der Waals surface area contributed by atoms with E-state index in [0.717, 1.165) is 5.56 Å². The van der Waals surface area contributed by atoms with Gasteiger partial charge in [-0.15, -0.1) is 0 Å². The summed E-state index contributed by atoms with van der Waals surface area (Å²) < 4.78 is 0. The van der Waals surface area contributed by atoms with E-state index in [2.05, 4.69) is 25.9 Å². The third-order valence-corrected chi connectivity index (χ3v) is 5.88. The molecule has 0 unspecified atom stereocenters. The van der Waals surface area contributed by atoms with E-state index in [1.54, 1.807) is 12.1 Å². The largest absolute Gasteiger partial charge is 0.508 e. The van der Waals surface area contributed by atoms with Crippen molar-refractivity contribution < 1.29 is 24.6 Å². The molecule has 3 amide bonds. The molecule has 0 aliphatic heterocycles. The van der Waals surface area contributed by atoms with E-state index in [-0.39, 0.29) is 56.6 Å². The molecule has 0 fully saturated rings. The fraction of sp³-hybridized carbons (Fsp3) is 0.370. The molecule has 0 radical (unpaired) electrons. The maximum absolute atomic E-state index is 13.5. The number of aliphatic hydroxyl groups is 1. The van der Waals surface area contributed by atoms with Crippen molar-refractivity contribution in [3.8, 4) is 5.75 Å². The van der Waals surface area contributed by atoms with Crippen LogP contribution in [0.15, 0.2) is 64.6 Å². The number of nitrogens with zero attached hydrogens (tertiary/aromatic N) is 2. The lowest BCUT2D eigenvalue weighted by Crippen LogP contribution is -2.55. The normalized spacial score (nSPS) is 12.7. The number of nitrogens with one attached hydrogen (secondary N) is 3. The first-order valence-corrected chi connectivity index (χ1v) is 13.0. The Kier molecular flexibility index (Phi) is 13.4. The zero-order chi connectivity index (χ0) is 30.2. The number of nitrogens with two attached hydrogens (primary N) is 4. The highest BCUT2D eigenvalue weighted by Crippen LogP contribution is 2.13. The topological polar surface area (TPSA) is 257 Å². The molecule has 41 heavy (non-hydrogen) atoms. The Morgan fingerprint density at radius 2 is 1.41 bits per heavy atom. The number of rotatable bonds is 16. The van der Waals surface area contributed by atoms with Crippen LogP contribution in [0.2, 0.25) is 0 Å². The smallest absolute Gasteiger partial charge is 0.245 e. The van der Waals surface area contributed by atoms with Crippen molar-refractivity contribution >= 4 is 29.6 Å². The van der Waals surface area contributed by atoms with E-state index in [0.29, 0.717) is 12.0 Å². The Bertz CT molecular complexity index is 1180. The summed E-state index contributed by atoms with van der Waals surface area (Å²) in [4.78, 5) is 47.6. The molecule has 0 spiro atoms. The van der Waals surface area contributed by atoms with Gasteiger partial charge in [0.15, 0.2) is 11.9 Å². The number of carbonyl (C=O) groups is 3. The summed E-state index contributed by atoms with van der Waals surface area (Å²) in [5, 5.41) is 26.7. The molecule has 0 saturated heterocycles. The van der Waals surface area contributed by atoms with Crippen LogP contribution in [0.25, 0.3) is 0 Å². The van der Waals surface area contributed by atoms with Gasteiger partial charge in [-0.3, -0.25) is 19.4 Å². The lowest BCUT2D eigenvalue weighted by atomic mass is 10.0. The van der Waals surface area contributed by atoms with Gasteiger partial charge in [-0.05, 0) is 36.1 Å². The van der Waals surface area contributed by atoms with Gasteiger partial charge in [-0.1, -0.05) is 42.5 Å². The molecule has 0 aliphatic carbocycles. The van der Waals surface area contributed by atoms with Crippen molar-refractivity contribution in [3.05, 3.63) is 65.7 Å². The van der Waals surface area contributed by atoms with Crippen LogP contribution in [0.5, 0.6) is 5.75 Å². The van der Waals surface area contributed by atoms with Crippen molar-refractivity contribution in [2.75, 3.05) is 19.7 Å². The summed E-state index contributed by atoms with van der Waals surface area (Å²) >= 11 is 0. The fourth-order valence-electron chi connectivity index (χ4n) is 3.91. The Morgan fingerprint density at radius 3 is 2.02 bits per heavy atom. The van der Waals surface area contributed by atoms with Gasteiger partial charge in [0, 0.05) is 25.9 Å². The van der Waals surface area contributed by atoms with E-state index in [9.17, 15) is 19.5 Å². The van der Waals surface area contributed by atoms with E-state index in [1.807, 2.05) is 30.3 Å². The van der Waals surface area contributed by atoms with Gasteiger partial charge in [0.05, 0.1) is 6.61 Å². The first kappa shape index (κ1) is 32.4. The summed E-state index contributed by atoms with van der Waals surface area (Å²) in [7, 11) is 0. The SMILES string of the molecule is NC(N)=NCCC[C@@H](NC(=O)[C@H](Cc1ccc(O)cc1)N=C(N)N)C(=O)N[C@@H](Cc1ccccc1)C(=O)NCCO. The number of hydrogen-bond acceptors (Lipinski definition) is 7. The number of hydrogen-bond donors (Lipinski definition) is 9. The molecule has 2 rings (SSSR count). The lowest BCUT2D eigenvalue weighted by Gasteiger charge is -2.24. The second-order valence-corrected chi connectivity index (χ2v) is 9.22. The van der Waals surface area contributed by atoms with Gasteiger partial charge in [-0.2, -0.15) is 0 Å². The van der Waals surface area contributed by atoms with Crippen LogP contribution in [0.3, 0.4) is 0 Å². The maximum atomic E-state index is 13.5. The van der Waals surface area contributed by atoms with Crippen LogP contribution >= 0.6 is 0 Å². The Hall–Kier alpha value is -4.85. The molecule has 13 N–H and O–H groups in total. The van der Waals surface area contributed by atoms with E-state index >= 15 is 0 Å². The quantitative estimate of drug-likeness (QED) is 0.0611. The molecule has 222 valence electrons. The number of aliphatic hydroxyl groups excluding tert-OH is 1. The molecule has 0 aromatic heterocycles. The van der Waals surface area contributed by atoms with E-state index in [1.165, 1.54) is 12.1 Å². The minimum atomic E-state index is -1.09. The number of benzene rings is 2. The molecule has 0 saturated carbocycles. The average molecular weight is 570 g/mol. The maximum Gasteiger partial charge on any atom is 0.245 e. The molecule has 14 heteroatoms. The van der Waals surface area contributed by atoms with Crippen LogP contribution in [0.1, 0.15) is 24.0 Å². The van der Waals surface area contributed by atoms with E-state index < -0.39 is 35.8 Å². The van der Waals surface area contributed by atoms with Crippen molar-refractivity contribution in [2.24, 2.45) is 32.9 Å². The average Bonchev–Trinajstić information content (AvgIpc) is 2.93. The number of guanidine groups is 2. The van der Waals surface area contributed by atoms with Gasteiger partial charge in [0.25, 0.3) is 0 Å². The van der Waals surface area contributed by atoms with Gasteiger partial charge in [0.2, 0.25) is 17.7 Å². The summed E-state index contributed by atoms with van der Waals surface area (Å²) in [5.41, 5.74) is 23.4. The zero-order valence-electron chi connectivity index (χ0n) is 22.7. The molecule has 2 aromatic carbocycles. The fourth-order valence-corrected chi connectivity index (χ4v) is 3.91. The minimum Gasteiger partial charge on any atom is -0.508 e. The number of amides is 3. The number of aromatic hydroxyl groups is 1. The van der Waals surface area contributed by atoms with Gasteiger partial charge in [0.1, 0.15) is 23.9 Å². The number of carbonyl (C=O) groups excluding carboxylic acids is 3. The van der Waals surface area contributed by atoms with Crippen LogP contribution in [0, 0.1) is 0 Å². The second-order valence-electron chi connectivity index (χ2n) is 9.22. The lowest BCUT2D eigenvalue weighted by molar-refractivity contribution is -0.132. The molecule has 0 aliphatic rings.